The molecular weight excluding hydrogens is 386 g/mol. The molecule has 0 amide bonds. The van der Waals surface area contributed by atoms with E-state index in [2.05, 4.69) is 0 Å². The number of hydrogen-bond donors (Lipinski definition) is 1. The van der Waals surface area contributed by atoms with Crippen LogP contribution in [0.3, 0.4) is 0 Å². The van der Waals surface area contributed by atoms with E-state index in [-0.39, 0.29) is 6.61 Å². The van der Waals surface area contributed by atoms with E-state index in [0.717, 1.165) is 0 Å². The van der Waals surface area contributed by atoms with Crippen molar-refractivity contribution in [2.75, 3.05) is 6.61 Å². The Bertz CT molecular complexity index is 898. The average Bonchev–Trinajstić information content (AvgIpc) is 2.73. The van der Waals surface area contributed by atoms with Crippen LogP contribution < -0.4 is 0 Å². The summed E-state index contributed by atoms with van der Waals surface area (Å²) in [5.41, 5.74) is -0.732. The minimum absolute atomic E-state index is 0.0594. The third kappa shape index (κ3) is 3.73. The van der Waals surface area contributed by atoms with Gasteiger partial charge in [0.1, 0.15) is 6.29 Å². The fraction of sp³-hybridized carbons (Fsp3) is 0.391. The molecule has 0 heterocycles. The van der Waals surface area contributed by atoms with E-state index in [1.165, 1.54) is 6.92 Å². The lowest BCUT2D eigenvalue weighted by Crippen LogP contribution is -2.61. The Morgan fingerprint density at radius 3 is 2.03 bits per heavy atom. The molecule has 0 saturated heterocycles. The molecule has 1 N–H and O–H groups in total. The van der Waals surface area contributed by atoms with Crippen molar-refractivity contribution in [3.8, 4) is 0 Å². The fourth-order valence-corrected chi connectivity index (χ4v) is 4.81. The summed E-state index contributed by atoms with van der Waals surface area (Å²) in [5, 5.41) is 23.9. The summed E-state index contributed by atoms with van der Waals surface area (Å²) in [5.74, 6) is -5.07. The van der Waals surface area contributed by atoms with Crippen LogP contribution in [-0.4, -0.2) is 40.5 Å². The van der Waals surface area contributed by atoms with E-state index in [1.54, 1.807) is 67.6 Å². The minimum atomic E-state index is -1.85. The van der Waals surface area contributed by atoms with Gasteiger partial charge < -0.3 is 14.6 Å². The Morgan fingerprint density at radius 1 is 1.10 bits per heavy atom. The van der Waals surface area contributed by atoms with Crippen molar-refractivity contribution >= 4 is 12.3 Å². The monoisotopic (exact) mass is 411 g/mol. The molecule has 7 heteroatoms. The quantitative estimate of drug-likeness (QED) is 0.339. The number of hydrogen-bond acceptors (Lipinski definition) is 6. The molecule has 1 aliphatic carbocycles. The zero-order chi connectivity index (χ0) is 21.9. The molecule has 3 rings (SSSR count). The summed E-state index contributed by atoms with van der Waals surface area (Å²) in [6.45, 7) is 3.08. The molecule has 0 spiro atoms. The third-order valence-corrected chi connectivity index (χ3v) is 6.09. The number of aldehydes is 1. The van der Waals surface area contributed by atoms with Crippen molar-refractivity contribution in [1.82, 2.24) is 0 Å². The Kier molecular flexibility index (Phi) is 6.31. The van der Waals surface area contributed by atoms with Gasteiger partial charge in [0, 0.05) is 4.92 Å². The number of ether oxygens (including phenoxy) is 1. The van der Waals surface area contributed by atoms with Crippen molar-refractivity contribution < 1.29 is 24.4 Å². The van der Waals surface area contributed by atoms with Crippen molar-refractivity contribution in [1.29, 1.82) is 0 Å². The second-order valence-corrected chi connectivity index (χ2v) is 7.77. The number of nitro groups is 1. The molecule has 1 saturated carbocycles. The Hall–Kier alpha value is -3.06. The Labute approximate surface area is 174 Å². The first-order chi connectivity index (χ1) is 14.3. The number of carbonyl (C=O) groups is 2. The predicted octanol–water partition coefficient (Wildman–Crippen LogP) is 2.96. The smallest absolute Gasteiger partial charge is 0.312 e. The topological polar surface area (TPSA) is 107 Å². The molecule has 0 unspecified atom stereocenters. The third-order valence-electron chi connectivity index (χ3n) is 6.09. The molecule has 1 fully saturated rings. The van der Waals surface area contributed by atoms with Crippen LogP contribution in [0.5, 0.6) is 0 Å². The van der Waals surface area contributed by atoms with Crippen LogP contribution in [-0.2, 0) is 14.3 Å². The molecule has 158 valence electrons. The molecule has 0 aliphatic heterocycles. The highest BCUT2D eigenvalue weighted by Crippen LogP contribution is 2.53. The molecule has 0 bridgehead atoms. The molecule has 0 aromatic heterocycles. The normalized spacial score (nSPS) is 31.0. The molecule has 0 radical (unpaired) electrons. The van der Waals surface area contributed by atoms with Crippen molar-refractivity contribution in [3.05, 3.63) is 81.9 Å². The van der Waals surface area contributed by atoms with E-state index in [0.29, 0.717) is 17.4 Å². The zero-order valence-electron chi connectivity index (χ0n) is 16.9. The number of aliphatic hydroxyl groups is 1. The molecule has 2 aromatic carbocycles. The van der Waals surface area contributed by atoms with Gasteiger partial charge in [0.2, 0.25) is 6.04 Å². The van der Waals surface area contributed by atoms with E-state index in [4.69, 9.17) is 4.74 Å². The molecule has 1 aliphatic rings. The summed E-state index contributed by atoms with van der Waals surface area (Å²) in [4.78, 5) is 37.1. The number of nitrogens with zero attached hydrogens (tertiary/aromatic N) is 1. The maximum atomic E-state index is 12.9. The van der Waals surface area contributed by atoms with Gasteiger partial charge in [-0.3, -0.25) is 14.9 Å². The maximum absolute atomic E-state index is 12.9. The second-order valence-electron chi connectivity index (χ2n) is 7.77. The first-order valence-electron chi connectivity index (χ1n) is 9.92. The van der Waals surface area contributed by atoms with Crippen LogP contribution in [0, 0.1) is 22.0 Å². The lowest BCUT2D eigenvalue weighted by atomic mass is 9.55. The van der Waals surface area contributed by atoms with Gasteiger partial charge in [-0.25, -0.2) is 0 Å². The summed E-state index contributed by atoms with van der Waals surface area (Å²) >= 11 is 0. The molecule has 6 atom stereocenters. The largest absolute Gasteiger partial charge is 0.466 e. The van der Waals surface area contributed by atoms with Gasteiger partial charge in [0.25, 0.3) is 0 Å². The highest BCUT2D eigenvalue weighted by atomic mass is 16.6. The van der Waals surface area contributed by atoms with E-state index in [1.807, 2.05) is 0 Å². The number of rotatable bonds is 6. The number of carbonyl (C=O) groups excluding carboxylic acids is 2. The van der Waals surface area contributed by atoms with Gasteiger partial charge in [-0.05, 0) is 25.0 Å². The predicted molar refractivity (Wildman–Crippen MR) is 109 cm³/mol. The van der Waals surface area contributed by atoms with Crippen molar-refractivity contribution in [3.63, 3.8) is 0 Å². The van der Waals surface area contributed by atoms with Crippen LogP contribution in [0.1, 0.15) is 36.8 Å². The standard InChI is InChI=1S/C23H25NO6/c1-3-30-22(26)20-19(16-12-8-5-9-13-16)21(24(28)29)18(15-10-6-4-7-11-15)17(14-25)23(20,2)27/h4-14,17-21,27H,3H2,1-2H3/t17-,18-,19+,20-,21-,23-/m0/s1. The second kappa shape index (κ2) is 8.75. The van der Waals surface area contributed by atoms with E-state index < -0.39 is 46.2 Å². The minimum Gasteiger partial charge on any atom is -0.466 e. The van der Waals surface area contributed by atoms with E-state index >= 15 is 0 Å². The van der Waals surface area contributed by atoms with Crippen molar-refractivity contribution in [2.24, 2.45) is 11.8 Å². The summed E-state index contributed by atoms with van der Waals surface area (Å²) in [7, 11) is 0. The number of esters is 1. The van der Waals surface area contributed by atoms with Crippen LogP contribution in [0.4, 0.5) is 0 Å². The lowest BCUT2D eigenvalue weighted by Gasteiger charge is -2.49. The Morgan fingerprint density at radius 2 is 1.60 bits per heavy atom. The maximum Gasteiger partial charge on any atom is 0.312 e. The van der Waals surface area contributed by atoms with Gasteiger partial charge in [-0.2, -0.15) is 0 Å². The van der Waals surface area contributed by atoms with Crippen molar-refractivity contribution in [2.45, 2.75) is 37.3 Å². The van der Waals surface area contributed by atoms with Gasteiger partial charge >= 0.3 is 5.97 Å². The SMILES string of the molecule is CCOC(=O)[C@@H]1[C@@H](c2ccccc2)[C@@H]([N+](=O)[O-])[C@@H](c2ccccc2)[C@H](C=O)[C@]1(C)O. The highest BCUT2D eigenvalue weighted by molar-refractivity contribution is 5.78. The van der Waals surface area contributed by atoms with Gasteiger partial charge in [-0.1, -0.05) is 60.7 Å². The summed E-state index contributed by atoms with van der Waals surface area (Å²) < 4.78 is 5.19. The van der Waals surface area contributed by atoms with E-state index in [9.17, 15) is 24.8 Å². The zero-order valence-corrected chi connectivity index (χ0v) is 16.9. The molecule has 7 nitrogen and oxygen atoms in total. The van der Waals surface area contributed by atoms with Gasteiger partial charge in [-0.15, -0.1) is 0 Å². The lowest BCUT2D eigenvalue weighted by molar-refractivity contribution is -0.539. The van der Waals surface area contributed by atoms with Gasteiger partial charge in [0.05, 0.1) is 35.9 Å². The average molecular weight is 411 g/mol. The first kappa shape index (κ1) is 21.6. The highest BCUT2D eigenvalue weighted by Gasteiger charge is 2.64. The number of benzene rings is 2. The summed E-state index contributed by atoms with van der Waals surface area (Å²) in [6, 6.07) is 16.0. The molecular formula is C23H25NO6. The first-order valence-corrected chi connectivity index (χ1v) is 9.92. The van der Waals surface area contributed by atoms with Crippen LogP contribution in [0.25, 0.3) is 0 Å². The molecule has 2 aromatic rings. The Balaban J connectivity index is 2.28. The van der Waals surface area contributed by atoms with Gasteiger partial charge in [0.15, 0.2) is 0 Å². The van der Waals surface area contributed by atoms with Crippen LogP contribution in [0.15, 0.2) is 60.7 Å². The fourth-order valence-electron chi connectivity index (χ4n) is 4.81. The summed E-state index contributed by atoms with van der Waals surface area (Å²) in [6.07, 6.45) is 0.529. The molecule has 30 heavy (non-hydrogen) atoms. The van der Waals surface area contributed by atoms with Crippen LogP contribution in [0.2, 0.25) is 0 Å². The van der Waals surface area contributed by atoms with Crippen LogP contribution >= 0.6 is 0 Å².